The number of rotatable bonds is 3. The van der Waals surface area contributed by atoms with Crippen LogP contribution in [0, 0.1) is 0 Å². The summed E-state index contributed by atoms with van der Waals surface area (Å²) in [6.07, 6.45) is 6.31. The highest BCUT2D eigenvalue weighted by atomic mass is 32.1. The monoisotopic (exact) mass is 345 g/mol. The molecule has 0 aromatic carbocycles. The Labute approximate surface area is 143 Å². The van der Waals surface area contributed by atoms with E-state index in [9.17, 15) is 14.4 Å². The number of aromatic nitrogens is 2. The van der Waals surface area contributed by atoms with Crippen molar-refractivity contribution in [2.75, 3.05) is 6.54 Å². The molecule has 2 aromatic rings. The van der Waals surface area contributed by atoms with Crippen molar-refractivity contribution < 1.29 is 4.79 Å². The molecule has 0 saturated carbocycles. The van der Waals surface area contributed by atoms with Gasteiger partial charge < -0.3 is 9.47 Å². The van der Waals surface area contributed by atoms with Crippen LogP contribution in [0.3, 0.4) is 0 Å². The number of hydrogen-bond acceptors (Lipinski definition) is 4. The summed E-state index contributed by atoms with van der Waals surface area (Å²) < 4.78 is 2.37. The van der Waals surface area contributed by atoms with Crippen LogP contribution >= 0.6 is 11.3 Å². The van der Waals surface area contributed by atoms with Gasteiger partial charge in [0, 0.05) is 37.8 Å². The number of nitrogens with zero attached hydrogens (tertiary/aromatic N) is 3. The largest absolute Gasteiger partial charge is 0.331 e. The first-order chi connectivity index (χ1) is 11.5. The number of aryl methyl sites for hydroxylation is 1. The van der Waals surface area contributed by atoms with Crippen molar-refractivity contribution in [3.05, 3.63) is 61.1 Å². The number of carbonyl (C=O) groups excluding carboxylic acids is 1. The lowest BCUT2D eigenvalue weighted by molar-refractivity contribution is -0.126. The number of thiophene rings is 1. The fraction of sp³-hybridized carbons (Fsp3) is 0.353. The van der Waals surface area contributed by atoms with E-state index in [4.69, 9.17) is 0 Å². The molecule has 0 spiro atoms. The number of hydrogen-bond donors (Lipinski definition) is 0. The fourth-order valence-corrected chi connectivity index (χ4v) is 3.89. The van der Waals surface area contributed by atoms with Crippen LogP contribution < -0.4 is 11.2 Å². The van der Waals surface area contributed by atoms with Crippen LogP contribution in [-0.2, 0) is 18.9 Å². The molecular weight excluding hydrogens is 326 g/mol. The summed E-state index contributed by atoms with van der Waals surface area (Å²) in [5, 5.41) is 2.01. The summed E-state index contributed by atoms with van der Waals surface area (Å²) in [5.41, 5.74) is -0.473. The molecule has 0 aliphatic carbocycles. The number of likely N-dealkylation sites (tertiary alicyclic amines) is 1. The zero-order valence-corrected chi connectivity index (χ0v) is 14.5. The first kappa shape index (κ1) is 16.4. The molecular formula is C17H19N3O3S. The van der Waals surface area contributed by atoms with E-state index in [0.29, 0.717) is 5.56 Å². The second-order valence-electron chi connectivity index (χ2n) is 5.88. The third-order valence-corrected chi connectivity index (χ3v) is 5.26. The SMILES string of the molecule is Cn1cc(/C=C/C(=O)N2CCC[C@H]2c2cccs2)c(=O)n(C)c1=O. The minimum atomic E-state index is -0.404. The topological polar surface area (TPSA) is 64.3 Å². The van der Waals surface area contributed by atoms with Crippen LogP contribution in [0.4, 0.5) is 0 Å². The maximum atomic E-state index is 12.5. The zero-order valence-electron chi connectivity index (χ0n) is 13.6. The van der Waals surface area contributed by atoms with Crippen LogP contribution in [0.15, 0.2) is 39.4 Å². The molecule has 1 aliphatic rings. The lowest BCUT2D eigenvalue weighted by atomic mass is 10.2. The third-order valence-electron chi connectivity index (χ3n) is 4.29. The molecule has 1 fully saturated rings. The maximum absolute atomic E-state index is 12.5. The molecule has 1 aliphatic heterocycles. The van der Waals surface area contributed by atoms with Crippen molar-refractivity contribution >= 4 is 23.3 Å². The highest BCUT2D eigenvalue weighted by Crippen LogP contribution is 2.34. The average Bonchev–Trinajstić information content (AvgIpc) is 3.25. The minimum absolute atomic E-state index is 0.109. The van der Waals surface area contributed by atoms with Crippen molar-refractivity contribution in [2.24, 2.45) is 14.1 Å². The van der Waals surface area contributed by atoms with Crippen molar-refractivity contribution in [1.82, 2.24) is 14.0 Å². The molecule has 1 amide bonds. The first-order valence-electron chi connectivity index (χ1n) is 7.78. The van der Waals surface area contributed by atoms with Gasteiger partial charge in [-0.25, -0.2) is 4.79 Å². The van der Waals surface area contributed by atoms with Crippen LogP contribution in [0.25, 0.3) is 6.08 Å². The van der Waals surface area contributed by atoms with Crippen LogP contribution in [0.1, 0.15) is 29.3 Å². The second kappa shape index (κ2) is 6.60. The van der Waals surface area contributed by atoms with E-state index in [1.807, 2.05) is 22.4 Å². The summed E-state index contributed by atoms with van der Waals surface area (Å²) in [6.45, 7) is 0.719. The highest BCUT2D eigenvalue weighted by molar-refractivity contribution is 7.10. The first-order valence-corrected chi connectivity index (χ1v) is 8.65. The Bertz CT molecular complexity index is 893. The minimum Gasteiger partial charge on any atom is -0.331 e. The van der Waals surface area contributed by atoms with Crippen molar-refractivity contribution in [3.63, 3.8) is 0 Å². The van der Waals surface area contributed by atoms with E-state index >= 15 is 0 Å². The molecule has 3 rings (SSSR count). The lowest BCUT2D eigenvalue weighted by Crippen LogP contribution is -2.37. The Morgan fingerprint density at radius 2 is 2.12 bits per heavy atom. The van der Waals surface area contributed by atoms with E-state index in [0.717, 1.165) is 24.0 Å². The molecule has 24 heavy (non-hydrogen) atoms. The highest BCUT2D eigenvalue weighted by Gasteiger charge is 2.29. The standard InChI is InChI=1S/C17H19N3O3S/c1-18-11-12(16(22)19(2)17(18)23)7-8-15(21)20-9-3-5-13(20)14-6-4-10-24-14/h4,6-8,10-11,13H,3,5,9H2,1-2H3/b8-7+/t13-/m0/s1. The maximum Gasteiger partial charge on any atom is 0.330 e. The van der Waals surface area contributed by atoms with E-state index < -0.39 is 5.56 Å². The summed E-state index contributed by atoms with van der Waals surface area (Å²) in [6, 6.07) is 4.16. The Kier molecular flexibility index (Phi) is 4.53. The Morgan fingerprint density at radius 1 is 1.33 bits per heavy atom. The van der Waals surface area contributed by atoms with Gasteiger partial charge in [-0.1, -0.05) is 6.07 Å². The summed E-state index contributed by atoms with van der Waals surface area (Å²) in [4.78, 5) is 39.4. The molecule has 7 heteroatoms. The molecule has 1 atom stereocenters. The average molecular weight is 345 g/mol. The van der Waals surface area contributed by atoms with Gasteiger partial charge in [-0.15, -0.1) is 11.3 Å². The van der Waals surface area contributed by atoms with Crippen molar-refractivity contribution in [1.29, 1.82) is 0 Å². The van der Waals surface area contributed by atoms with Gasteiger partial charge in [0.25, 0.3) is 5.56 Å². The second-order valence-corrected chi connectivity index (χ2v) is 6.86. The van der Waals surface area contributed by atoms with Gasteiger partial charge in [0.05, 0.1) is 11.6 Å². The molecule has 0 bridgehead atoms. The van der Waals surface area contributed by atoms with Gasteiger partial charge in [-0.2, -0.15) is 0 Å². The van der Waals surface area contributed by atoms with Gasteiger partial charge in [-0.05, 0) is 30.4 Å². The summed E-state index contributed by atoms with van der Waals surface area (Å²) in [7, 11) is 3.01. The van der Waals surface area contributed by atoms with E-state index in [2.05, 4.69) is 0 Å². The van der Waals surface area contributed by atoms with Gasteiger partial charge in [-0.3, -0.25) is 14.2 Å². The normalized spacial score (nSPS) is 17.8. The predicted octanol–water partition coefficient (Wildman–Crippen LogP) is 1.52. The van der Waals surface area contributed by atoms with Crippen LogP contribution in [0.2, 0.25) is 0 Å². The van der Waals surface area contributed by atoms with Gasteiger partial charge in [0.2, 0.25) is 5.91 Å². The van der Waals surface area contributed by atoms with Crippen molar-refractivity contribution in [2.45, 2.75) is 18.9 Å². The predicted molar refractivity (Wildman–Crippen MR) is 94.0 cm³/mol. The Morgan fingerprint density at radius 3 is 2.83 bits per heavy atom. The van der Waals surface area contributed by atoms with Crippen molar-refractivity contribution in [3.8, 4) is 0 Å². The Hall–Kier alpha value is -2.41. The molecule has 1 saturated heterocycles. The molecule has 126 valence electrons. The summed E-state index contributed by atoms with van der Waals surface area (Å²) in [5.74, 6) is -0.109. The molecule has 6 nitrogen and oxygen atoms in total. The van der Waals surface area contributed by atoms with Crippen LogP contribution in [0.5, 0.6) is 0 Å². The molecule has 0 radical (unpaired) electrons. The molecule has 2 aromatic heterocycles. The lowest BCUT2D eigenvalue weighted by Gasteiger charge is -2.22. The Balaban J connectivity index is 1.84. The molecule has 0 unspecified atom stereocenters. The quantitative estimate of drug-likeness (QED) is 0.793. The number of carbonyl (C=O) groups is 1. The number of amides is 1. The zero-order chi connectivity index (χ0) is 17.3. The molecule has 0 N–H and O–H groups in total. The fourth-order valence-electron chi connectivity index (χ4n) is 3.01. The van der Waals surface area contributed by atoms with E-state index in [-0.39, 0.29) is 17.6 Å². The van der Waals surface area contributed by atoms with E-state index in [1.165, 1.54) is 34.8 Å². The van der Waals surface area contributed by atoms with Gasteiger partial charge in [0.15, 0.2) is 0 Å². The summed E-state index contributed by atoms with van der Waals surface area (Å²) >= 11 is 1.65. The van der Waals surface area contributed by atoms with Gasteiger partial charge >= 0.3 is 5.69 Å². The van der Waals surface area contributed by atoms with Gasteiger partial charge in [0.1, 0.15) is 0 Å². The molecule has 3 heterocycles. The smallest absolute Gasteiger partial charge is 0.330 e. The van der Waals surface area contributed by atoms with E-state index in [1.54, 1.807) is 18.4 Å². The van der Waals surface area contributed by atoms with Crippen LogP contribution in [-0.4, -0.2) is 26.5 Å². The third kappa shape index (κ3) is 2.99.